The Hall–Kier alpha value is -1.60. The first-order chi connectivity index (χ1) is 10.3. The number of nitriles is 1. The summed E-state index contributed by atoms with van der Waals surface area (Å²) in [6.45, 7) is 4.53. The van der Waals surface area contributed by atoms with Gasteiger partial charge >= 0.3 is 136 Å². The van der Waals surface area contributed by atoms with Gasteiger partial charge in [-0.15, -0.1) is 0 Å². The molecule has 2 rings (SSSR count). The Balaban J connectivity index is 2.47. The minimum atomic E-state index is -1.91. The molecule has 0 N–H and O–H groups in total. The van der Waals surface area contributed by atoms with Crippen molar-refractivity contribution in [3.05, 3.63) is 47.7 Å². The first-order valence-corrected chi connectivity index (χ1v) is 15.2. The fourth-order valence-corrected chi connectivity index (χ4v) is 5.99. The van der Waals surface area contributed by atoms with Crippen LogP contribution in [0.2, 0.25) is 17.3 Å². The molecule has 1 aromatic heterocycles. The number of nitrogens with zero attached hydrogens (tertiary/aromatic N) is 2. The molecule has 2 nitrogen and oxygen atoms in total. The minimum absolute atomic E-state index is 0.639. The summed E-state index contributed by atoms with van der Waals surface area (Å²) in [5, 5.41) is 8.91. The molecule has 1 aromatic carbocycles. The summed E-state index contributed by atoms with van der Waals surface area (Å²) >= 11 is -1.91. The summed E-state index contributed by atoms with van der Waals surface area (Å²) in [5.41, 5.74) is 4.23. The van der Waals surface area contributed by atoms with Gasteiger partial charge < -0.3 is 0 Å². The molecular formula is C19H24GeN2. The number of benzene rings is 1. The third-order valence-electron chi connectivity index (χ3n) is 3.74. The third kappa shape index (κ3) is 3.98. The van der Waals surface area contributed by atoms with E-state index >= 15 is 0 Å². The van der Waals surface area contributed by atoms with Crippen molar-refractivity contribution < 1.29 is 0 Å². The van der Waals surface area contributed by atoms with E-state index in [9.17, 15) is 0 Å². The molecule has 0 saturated carbocycles. The van der Waals surface area contributed by atoms with Crippen molar-refractivity contribution in [3.8, 4) is 17.3 Å². The van der Waals surface area contributed by atoms with Crippen LogP contribution < -0.4 is 4.40 Å². The molecule has 0 aliphatic rings. The summed E-state index contributed by atoms with van der Waals surface area (Å²) in [6.07, 6.45) is 3.20. The van der Waals surface area contributed by atoms with Crippen LogP contribution in [0.5, 0.6) is 0 Å². The molecule has 0 bridgehead atoms. The number of rotatable bonds is 4. The van der Waals surface area contributed by atoms with Gasteiger partial charge in [-0.25, -0.2) is 0 Å². The molecule has 0 spiro atoms. The zero-order chi connectivity index (χ0) is 16.3. The van der Waals surface area contributed by atoms with Gasteiger partial charge in [0.2, 0.25) is 0 Å². The molecule has 114 valence electrons. The van der Waals surface area contributed by atoms with E-state index in [2.05, 4.69) is 49.4 Å². The predicted molar refractivity (Wildman–Crippen MR) is 95.9 cm³/mol. The first-order valence-electron chi connectivity index (χ1n) is 7.81. The Morgan fingerprint density at radius 3 is 2.27 bits per heavy atom. The second-order valence-electron chi connectivity index (χ2n) is 7.26. The van der Waals surface area contributed by atoms with Gasteiger partial charge in [-0.05, 0) is 0 Å². The van der Waals surface area contributed by atoms with E-state index < -0.39 is 13.3 Å². The summed E-state index contributed by atoms with van der Waals surface area (Å²) in [6, 6.07) is 12.1. The molecule has 0 aliphatic heterocycles. The summed E-state index contributed by atoms with van der Waals surface area (Å²) in [7, 11) is 0. The maximum absolute atomic E-state index is 8.91. The van der Waals surface area contributed by atoms with Crippen LogP contribution in [0.25, 0.3) is 11.3 Å². The average Bonchev–Trinajstić information content (AvgIpc) is 2.45. The van der Waals surface area contributed by atoms with E-state index in [0.29, 0.717) is 11.5 Å². The maximum atomic E-state index is 8.91. The zero-order valence-electron chi connectivity index (χ0n) is 14.1. The third-order valence-corrected chi connectivity index (χ3v) is 8.07. The molecule has 0 radical (unpaired) electrons. The quantitative estimate of drug-likeness (QED) is 0.766. The SMILES string of the molecule is CC(C)Cc1cc(-c2ccc(C#N)cc2)nc[c]1[Ge]([CH3])([CH3])[CH3]. The molecule has 1 heterocycles. The Bertz CT molecular complexity index is 689. The molecule has 0 amide bonds. The number of hydrogen-bond donors (Lipinski definition) is 0. The number of pyridine rings is 1. The Kier molecular flexibility index (Phi) is 5.08. The van der Waals surface area contributed by atoms with Crippen LogP contribution in [0.1, 0.15) is 25.0 Å². The molecule has 0 fully saturated rings. The van der Waals surface area contributed by atoms with Crippen LogP contribution in [-0.4, -0.2) is 18.3 Å². The number of hydrogen-bond acceptors (Lipinski definition) is 2. The van der Waals surface area contributed by atoms with Crippen LogP contribution in [0.15, 0.2) is 36.5 Å². The topological polar surface area (TPSA) is 36.7 Å². The Morgan fingerprint density at radius 1 is 1.14 bits per heavy atom. The van der Waals surface area contributed by atoms with E-state index in [4.69, 9.17) is 10.2 Å². The van der Waals surface area contributed by atoms with Crippen molar-refractivity contribution in [3.63, 3.8) is 0 Å². The fraction of sp³-hybridized carbons (Fsp3) is 0.368. The molecule has 0 atom stereocenters. The number of aromatic nitrogens is 1. The van der Waals surface area contributed by atoms with Crippen molar-refractivity contribution in [2.75, 3.05) is 0 Å². The van der Waals surface area contributed by atoms with Crippen LogP contribution in [0, 0.1) is 17.2 Å². The van der Waals surface area contributed by atoms with Gasteiger partial charge in [0.05, 0.1) is 0 Å². The zero-order valence-corrected chi connectivity index (χ0v) is 16.2. The standard InChI is InChI=1S/C19H24GeN2/c1-14(2)10-17-11-19(22-13-18(17)20(3,4)5)16-8-6-15(12-21)7-9-16/h6-9,11,13-14H,10H2,1-5H3. The van der Waals surface area contributed by atoms with Crippen LogP contribution in [-0.2, 0) is 6.42 Å². The summed E-state index contributed by atoms with van der Waals surface area (Å²) < 4.78 is 1.51. The van der Waals surface area contributed by atoms with Gasteiger partial charge in [0.1, 0.15) is 0 Å². The van der Waals surface area contributed by atoms with Crippen LogP contribution >= 0.6 is 0 Å². The van der Waals surface area contributed by atoms with Gasteiger partial charge in [0.15, 0.2) is 0 Å². The van der Waals surface area contributed by atoms with Gasteiger partial charge in [0, 0.05) is 0 Å². The van der Waals surface area contributed by atoms with Gasteiger partial charge in [-0.3, -0.25) is 0 Å². The van der Waals surface area contributed by atoms with Crippen LogP contribution in [0.4, 0.5) is 0 Å². The van der Waals surface area contributed by atoms with Crippen molar-refractivity contribution in [2.24, 2.45) is 5.92 Å². The summed E-state index contributed by atoms with van der Waals surface area (Å²) in [5.74, 6) is 7.90. The van der Waals surface area contributed by atoms with Gasteiger partial charge in [-0.1, -0.05) is 0 Å². The summed E-state index contributed by atoms with van der Waals surface area (Å²) in [4.78, 5) is 4.70. The normalized spacial score (nSPS) is 11.5. The van der Waals surface area contributed by atoms with E-state index in [0.717, 1.165) is 17.7 Å². The molecule has 0 saturated heterocycles. The monoisotopic (exact) mass is 354 g/mol. The van der Waals surface area contributed by atoms with E-state index in [-0.39, 0.29) is 0 Å². The van der Waals surface area contributed by atoms with E-state index in [1.807, 2.05) is 24.3 Å². The Labute approximate surface area is 136 Å². The molecule has 3 heteroatoms. The Morgan fingerprint density at radius 2 is 1.77 bits per heavy atom. The average molecular weight is 353 g/mol. The van der Waals surface area contributed by atoms with Crippen LogP contribution in [0.3, 0.4) is 0 Å². The van der Waals surface area contributed by atoms with Crippen molar-refractivity contribution in [1.82, 2.24) is 4.98 Å². The second-order valence-corrected chi connectivity index (χ2v) is 17.8. The van der Waals surface area contributed by atoms with E-state index in [1.54, 1.807) is 0 Å². The second kappa shape index (κ2) is 6.66. The molecular weight excluding hydrogens is 329 g/mol. The van der Waals surface area contributed by atoms with Crippen molar-refractivity contribution >= 4 is 17.7 Å². The van der Waals surface area contributed by atoms with Crippen molar-refractivity contribution in [2.45, 2.75) is 37.5 Å². The predicted octanol–water partition coefficient (Wildman–Crippen LogP) is 4.36. The fourth-order valence-electron chi connectivity index (χ4n) is 2.65. The molecule has 0 aliphatic carbocycles. The molecule has 2 aromatic rings. The first kappa shape index (κ1) is 16.8. The van der Waals surface area contributed by atoms with Gasteiger partial charge in [0.25, 0.3) is 0 Å². The van der Waals surface area contributed by atoms with Gasteiger partial charge in [-0.2, -0.15) is 0 Å². The van der Waals surface area contributed by atoms with Crippen molar-refractivity contribution in [1.29, 1.82) is 5.26 Å². The molecule has 0 unspecified atom stereocenters. The van der Waals surface area contributed by atoms with E-state index in [1.165, 1.54) is 9.96 Å². The molecule has 22 heavy (non-hydrogen) atoms.